The predicted octanol–water partition coefficient (Wildman–Crippen LogP) is 3.76. The minimum atomic E-state index is -0.368. The van der Waals surface area contributed by atoms with Gasteiger partial charge in [-0.2, -0.15) is 5.26 Å². The third-order valence-corrected chi connectivity index (χ3v) is 3.36. The summed E-state index contributed by atoms with van der Waals surface area (Å²) in [5.41, 5.74) is 3.19. The van der Waals surface area contributed by atoms with Crippen molar-refractivity contribution < 1.29 is 13.9 Å². The van der Waals surface area contributed by atoms with Crippen LogP contribution in [0.25, 0.3) is 11.0 Å². The zero-order valence-corrected chi connectivity index (χ0v) is 12.0. The first-order valence-corrected chi connectivity index (χ1v) is 6.83. The van der Waals surface area contributed by atoms with Crippen LogP contribution in [0.15, 0.2) is 53.1 Å². The molecule has 0 amide bonds. The van der Waals surface area contributed by atoms with Crippen molar-refractivity contribution in [2.24, 2.45) is 0 Å². The highest BCUT2D eigenvalue weighted by atomic mass is 16.5. The molecule has 0 N–H and O–H groups in total. The molecule has 0 unspecified atom stereocenters. The van der Waals surface area contributed by atoms with Gasteiger partial charge in [0.2, 0.25) is 0 Å². The van der Waals surface area contributed by atoms with Gasteiger partial charge in [-0.15, -0.1) is 0 Å². The lowest BCUT2D eigenvalue weighted by Gasteiger charge is -2.03. The van der Waals surface area contributed by atoms with Gasteiger partial charge in [-0.25, -0.2) is 0 Å². The van der Waals surface area contributed by atoms with Crippen LogP contribution in [0.3, 0.4) is 0 Å². The SMILES string of the molecule is Cc1ccc2c(CC(=O)Oc3ccc(C#N)cc3)coc2c1. The Balaban J connectivity index is 1.74. The molecular weight excluding hydrogens is 278 g/mol. The number of hydrogen-bond donors (Lipinski definition) is 0. The number of benzene rings is 2. The van der Waals surface area contributed by atoms with Gasteiger partial charge >= 0.3 is 5.97 Å². The number of rotatable bonds is 3. The van der Waals surface area contributed by atoms with Crippen LogP contribution in [-0.4, -0.2) is 5.97 Å². The smallest absolute Gasteiger partial charge is 0.315 e. The minimum Gasteiger partial charge on any atom is -0.464 e. The second-order valence-electron chi connectivity index (χ2n) is 5.05. The summed E-state index contributed by atoms with van der Waals surface area (Å²) in [5.74, 6) is 0.0561. The molecule has 4 heteroatoms. The maximum Gasteiger partial charge on any atom is 0.315 e. The lowest BCUT2D eigenvalue weighted by molar-refractivity contribution is -0.133. The number of carbonyl (C=O) groups is 1. The molecule has 0 radical (unpaired) electrons. The lowest BCUT2D eigenvalue weighted by atomic mass is 10.1. The van der Waals surface area contributed by atoms with E-state index < -0.39 is 0 Å². The van der Waals surface area contributed by atoms with E-state index in [2.05, 4.69) is 0 Å². The summed E-state index contributed by atoms with van der Waals surface area (Å²) in [6, 6.07) is 14.3. The highest BCUT2D eigenvalue weighted by molar-refractivity contribution is 5.86. The Hall–Kier alpha value is -3.06. The molecule has 0 spiro atoms. The second kappa shape index (κ2) is 5.74. The van der Waals surface area contributed by atoms with Crippen LogP contribution in [0.4, 0.5) is 0 Å². The first-order chi connectivity index (χ1) is 10.7. The summed E-state index contributed by atoms with van der Waals surface area (Å²) in [6.07, 6.45) is 1.72. The summed E-state index contributed by atoms with van der Waals surface area (Å²) in [4.78, 5) is 12.0. The molecule has 0 aliphatic heterocycles. The maximum atomic E-state index is 12.0. The third-order valence-electron chi connectivity index (χ3n) is 3.36. The van der Waals surface area contributed by atoms with Gasteiger partial charge in [0, 0.05) is 10.9 Å². The summed E-state index contributed by atoms with van der Waals surface area (Å²) >= 11 is 0. The zero-order chi connectivity index (χ0) is 15.5. The average molecular weight is 291 g/mol. The molecular formula is C18H13NO3. The summed E-state index contributed by atoms with van der Waals surface area (Å²) < 4.78 is 10.7. The molecule has 1 heterocycles. The van der Waals surface area contributed by atoms with Crippen LogP contribution < -0.4 is 4.74 Å². The number of furan rings is 1. The Bertz CT molecular complexity index is 869. The van der Waals surface area contributed by atoms with Crippen molar-refractivity contribution in [3.05, 3.63) is 65.4 Å². The number of hydrogen-bond acceptors (Lipinski definition) is 4. The van der Waals surface area contributed by atoms with Gasteiger partial charge < -0.3 is 9.15 Å². The second-order valence-corrected chi connectivity index (χ2v) is 5.05. The molecule has 3 aromatic rings. The quantitative estimate of drug-likeness (QED) is 0.544. The van der Waals surface area contributed by atoms with E-state index in [1.807, 2.05) is 31.2 Å². The number of esters is 1. The van der Waals surface area contributed by atoms with E-state index in [0.717, 1.165) is 22.1 Å². The molecule has 0 atom stereocenters. The number of aryl methyl sites for hydroxylation is 1. The lowest BCUT2D eigenvalue weighted by Crippen LogP contribution is -2.10. The van der Waals surface area contributed by atoms with E-state index in [-0.39, 0.29) is 12.4 Å². The van der Waals surface area contributed by atoms with Gasteiger partial charge in [0.05, 0.1) is 24.3 Å². The molecule has 1 aromatic heterocycles. The van der Waals surface area contributed by atoms with E-state index in [9.17, 15) is 4.79 Å². The van der Waals surface area contributed by atoms with Gasteiger partial charge in [0.25, 0.3) is 0 Å². The van der Waals surface area contributed by atoms with E-state index in [1.165, 1.54) is 0 Å². The van der Waals surface area contributed by atoms with Crippen molar-refractivity contribution in [3.63, 3.8) is 0 Å². The zero-order valence-electron chi connectivity index (χ0n) is 12.0. The van der Waals surface area contributed by atoms with Gasteiger partial charge in [-0.3, -0.25) is 4.79 Å². The van der Waals surface area contributed by atoms with Gasteiger partial charge in [0.15, 0.2) is 0 Å². The molecule has 22 heavy (non-hydrogen) atoms. The van der Waals surface area contributed by atoms with Crippen molar-refractivity contribution >= 4 is 16.9 Å². The van der Waals surface area contributed by atoms with Crippen LogP contribution in [0, 0.1) is 18.3 Å². The third kappa shape index (κ3) is 2.84. The average Bonchev–Trinajstić information content (AvgIpc) is 2.90. The minimum absolute atomic E-state index is 0.135. The number of nitriles is 1. The molecule has 4 nitrogen and oxygen atoms in total. The number of ether oxygens (including phenoxy) is 1. The molecule has 0 aliphatic carbocycles. The molecule has 3 rings (SSSR count). The Morgan fingerprint density at radius 2 is 2.00 bits per heavy atom. The highest BCUT2D eigenvalue weighted by Gasteiger charge is 2.12. The molecule has 0 aliphatic rings. The van der Waals surface area contributed by atoms with Crippen molar-refractivity contribution in [1.82, 2.24) is 0 Å². The van der Waals surface area contributed by atoms with E-state index in [4.69, 9.17) is 14.4 Å². The van der Waals surface area contributed by atoms with Crippen molar-refractivity contribution in [1.29, 1.82) is 5.26 Å². The number of nitrogens with zero attached hydrogens (tertiary/aromatic N) is 1. The number of fused-ring (bicyclic) bond motifs is 1. The van der Waals surface area contributed by atoms with Crippen LogP contribution >= 0.6 is 0 Å². The van der Waals surface area contributed by atoms with Gasteiger partial charge in [0.1, 0.15) is 11.3 Å². The summed E-state index contributed by atoms with van der Waals surface area (Å²) in [6.45, 7) is 1.99. The highest BCUT2D eigenvalue weighted by Crippen LogP contribution is 2.23. The van der Waals surface area contributed by atoms with Crippen molar-refractivity contribution in [2.45, 2.75) is 13.3 Å². The monoisotopic (exact) mass is 291 g/mol. The van der Waals surface area contributed by atoms with Crippen LogP contribution in [0.1, 0.15) is 16.7 Å². The first-order valence-electron chi connectivity index (χ1n) is 6.83. The van der Waals surface area contributed by atoms with Gasteiger partial charge in [-0.1, -0.05) is 12.1 Å². The fourth-order valence-corrected chi connectivity index (χ4v) is 2.25. The van der Waals surface area contributed by atoms with E-state index in [1.54, 1.807) is 30.5 Å². The first kappa shape index (κ1) is 13.9. The van der Waals surface area contributed by atoms with E-state index in [0.29, 0.717) is 11.3 Å². The van der Waals surface area contributed by atoms with Crippen molar-refractivity contribution in [2.75, 3.05) is 0 Å². The Morgan fingerprint density at radius 1 is 1.23 bits per heavy atom. The van der Waals surface area contributed by atoms with Crippen LogP contribution in [-0.2, 0) is 11.2 Å². The topological polar surface area (TPSA) is 63.2 Å². The molecule has 0 saturated heterocycles. The molecule has 0 saturated carbocycles. The number of carbonyl (C=O) groups excluding carboxylic acids is 1. The largest absolute Gasteiger partial charge is 0.464 e. The molecule has 2 aromatic carbocycles. The Kier molecular flexibility index (Phi) is 3.63. The van der Waals surface area contributed by atoms with E-state index >= 15 is 0 Å². The Morgan fingerprint density at radius 3 is 2.73 bits per heavy atom. The van der Waals surface area contributed by atoms with Crippen LogP contribution in [0.2, 0.25) is 0 Å². The van der Waals surface area contributed by atoms with Crippen LogP contribution in [0.5, 0.6) is 5.75 Å². The normalized spacial score (nSPS) is 10.4. The van der Waals surface area contributed by atoms with Gasteiger partial charge in [-0.05, 0) is 42.8 Å². The standard InChI is InChI=1S/C18H13NO3/c1-12-2-7-16-14(11-21-17(16)8-12)9-18(20)22-15-5-3-13(10-19)4-6-15/h2-8,11H,9H2,1H3. The fourth-order valence-electron chi connectivity index (χ4n) is 2.25. The molecule has 108 valence electrons. The Labute approximate surface area is 127 Å². The van der Waals surface area contributed by atoms with Crippen molar-refractivity contribution in [3.8, 4) is 11.8 Å². The molecule has 0 bridgehead atoms. The fraction of sp³-hybridized carbons (Fsp3) is 0.111. The predicted molar refractivity (Wildman–Crippen MR) is 81.4 cm³/mol. The summed E-state index contributed by atoms with van der Waals surface area (Å²) in [5, 5.41) is 9.65. The molecule has 0 fully saturated rings. The summed E-state index contributed by atoms with van der Waals surface area (Å²) in [7, 11) is 0. The maximum absolute atomic E-state index is 12.0.